The first-order valence-corrected chi connectivity index (χ1v) is 5.30. The van der Waals surface area contributed by atoms with Crippen molar-refractivity contribution < 1.29 is 9.90 Å². The third-order valence-corrected chi connectivity index (χ3v) is 2.90. The largest absolute Gasteiger partial charge is 0.477 e. The van der Waals surface area contributed by atoms with E-state index in [0.717, 1.165) is 15.6 Å². The van der Waals surface area contributed by atoms with Gasteiger partial charge in [-0.3, -0.25) is 4.79 Å². The molecular weight excluding hydrogens is 234 g/mol. The molecule has 0 unspecified atom stereocenters. The van der Waals surface area contributed by atoms with Crippen LogP contribution in [0.2, 0.25) is 0 Å². The summed E-state index contributed by atoms with van der Waals surface area (Å²) in [5.41, 5.74) is 0.616. The Morgan fingerprint density at radius 2 is 2.11 bits per heavy atom. The van der Waals surface area contributed by atoms with Crippen molar-refractivity contribution in [3.8, 4) is 0 Å². The highest BCUT2D eigenvalue weighted by Gasteiger charge is 2.19. The molecule has 6 nitrogen and oxygen atoms in total. The molecule has 2 N–H and O–H groups in total. The van der Waals surface area contributed by atoms with Crippen molar-refractivity contribution in [3.05, 3.63) is 40.2 Å². The second-order valence-electron chi connectivity index (χ2n) is 4.00. The Kier molecular flexibility index (Phi) is 2.00. The van der Waals surface area contributed by atoms with E-state index in [-0.39, 0.29) is 11.1 Å². The number of aromatic amines is 1. The Balaban J connectivity index is 2.64. The van der Waals surface area contributed by atoms with E-state index in [1.165, 1.54) is 7.05 Å². The number of carbonyl (C=O) groups is 1. The summed E-state index contributed by atoms with van der Waals surface area (Å²) in [6, 6.07) is 7.31. The number of fused-ring (bicyclic) bond motifs is 3. The maximum atomic E-state index is 11.8. The van der Waals surface area contributed by atoms with Gasteiger partial charge in [0.25, 0.3) is 5.56 Å². The van der Waals surface area contributed by atoms with Gasteiger partial charge in [0.15, 0.2) is 5.56 Å². The molecule has 0 spiro atoms. The van der Waals surface area contributed by atoms with Gasteiger partial charge < -0.3 is 10.1 Å². The number of H-pyrrole nitrogens is 1. The van der Waals surface area contributed by atoms with Crippen LogP contribution in [0.5, 0.6) is 0 Å². The van der Waals surface area contributed by atoms with Gasteiger partial charge in [-0.2, -0.15) is 5.10 Å². The quantitative estimate of drug-likeness (QED) is 0.670. The number of rotatable bonds is 1. The van der Waals surface area contributed by atoms with E-state index < -0.39 is 11.5 Å². The number of para-hydroxylation sites is 1. The summed E-state index contributed by atoms with van der Waals surface area (Å²) in [6.07, 6.45) is 0. The van der Waals surface area contributed by atoms with Gasteiger partial charge in [-0.15, -0.1) is 0 Å². The first kappa shape index (κ1) is 10.5. The lowest BCUT2D eigenvalue weighted by molar-refractivity contribution is 0.0696. The Morgan fingerprint density at radius 3 is 2.83 bits per heavy atom. The van der Waals surface area contributed by atoms with Crippen molar-refractivity contribution in [1.29, 1.82) is 0 Å². The lowest BCUT2D eigenvalue weighted by Gasteiger charge is -2.00. The number of nitrogens with one attached hydrogen (secondary N) is 1. The van der Waals surface area contributed by atoms with Gasteiger partial charge in [0.1, 0.15) is 5.52 Å². The molecule has 0 radical (unpaired) electrons. The van der Waals surface area contributed by atoms with Gasteiger partial charge in [0.05, 0.1) is 5.52 Å². The second kappa shape index (κ2) is 3.43. The topological polar surface area (TPSA) is 88.0 Å². The Morgan fingerprint density at radius 1 is 1.39 bits per heavy atom. The molecular formula is C12H9N3O3. The number of aromatic nitrogens is 3. The lowest BCUT2D eigenvalue weighted by atomic mass is 10.2. The molecule has 0 fully saturated rings. The molecule has 0 bridgehead atoms. The van der Waals surface area contributed by atoms with Crippen molar-refractivity contribution >= 4 is 27.9 Å². The first-order valence-electron chi connectivity index (χ1n) is 5.30. The standard InChI is InChI=1S/C12H9N3O3/c1-15-11(16)8(12(17)18)10-9(14-15)6-4-2-3-5-7(6)13-10/h2-5,13H,1H3,(H,17,18). The number of carboxylic acids is 1. The van der Waals surface area contributed by atoms with E-state index in [1.54, 1.807) is 0 Å². The molecule has 1 aromatic carbocycles. The molecule has 3 aromatic rings. The zero-order valence-corrected chi connectivity index (χ0v) is 9.47. The monoisotopic (exact) mass is 243 g/mol. The van der Waals surface area contributed by atoms with Gasteiger partial charge in [-0.05, 0) is 6.07 Å². The van der Waals surface area contributed by atoms with Crippen LogP contribution in [0.4, 0.5) is 0 Å². The van der Waals surface area contributed by atoms with Crippen LogP contribution in [0.15, 0.2) is 29.1 Å². The van der Waals surface area contributed by atoms with Gasteiger partial charge >= 0.3 is 5.97 Å². The van der Waals surface area contributed by atoms with Crippen molar-refractivity contribution in [3.63, 3.8) is 0 Å². The fourth-order valence-electron chi connectivity index (χ4n) is 2.07. The van der Waals surface area contributed by atoms with E-state index in [0.29, 0.717) is 5.52 Å². The number of hydrogen-bond donors (Lipinski definition) is 2. The van der Waals surface area contributed by atoms with Crippen molar-refractivity contribution in [2.75, 3.05) is 0 Å². The molecule has 3 rings (SSSR count). The van der Waals surface area contributed by atoms with Crippen LogP contribution in [-0.2, 0) is 7.05 Å². The minimum atomic E-state index is -1.26. The Bertz CT molecular complexity index is 845. The van der Waals surface area contributed by atoms with Crippen LogP contribution in [0.1, 0.15) is 10.4 Å². The van der Waals surface area contributed by atoms with Crippen LogP contribution in [0.3, 0.4) is 0 Å². The summed E-state index contributed by atoms with van der Waals surface area (Å²) in [5.74, 6) is -1.26. The van der Waals surface area contributed by atoms with Gasteiger partial charge in [0, 0.05) is 18.0 Å². The van der Waals surface area contributed by atoms with E-state index in [2.05, 4.69) is 10.1 Å². The smallest absolute Gasteiger partial charge is 0.343 e. The minimum Gasteiger partial charge on any atom is -0.477 e. The summed E-state index contributed by atoms with van der Waals surface area (Å²) in [7, 11) is 1.44. The molecule has 90 valence electrons. The number of carboxylic acid groups (broad SMARTS) is 1. The molecule has 0 aliphatic heterocycles. The maximum absolute atomic E-state index is 11.8. The van der Waals surface area contributed by atoms with Crippen LogP contribution < -0.4 is 5.56 Å². The average molecular weight is 243 g/mol. The van der Waals surface area contributed by atoms with Gasteiger partial charge in [0.2, 0.25) is 0 Å². The molecule has 0 aliphatic rings. The number of aryl methyl sites for hydroxylation is 1. The van der Waals surface area contributed by atoms with E-state index in [4.69, 9.17) is 5.11 Å². The molecule has 6 heteroatoms. The molecule has 0 saturated heterocycles. The number of hydrogen-bond acceptors (Lipinski definition) is 3. The number of aromatic carboxylic acids is 1. The van der Waals surface area contributed by atoms with Crippen LogP contribution in [-0.4, -0.2) is 25.8 Å². The van der Waals surface area contributed by atoms with E-state index in [9.17, 15) is 9.59 Å². The fourth-order valence-corrected chi connectivity index (χ4v) is 2.07. The summed E-state index contributed by atoms with van der Waals surface area (Å²) in [5, 5.41) is 14.1. The zero-order chi connectivity index (χ0) is 12.9. The second-order valence-corrected chi connectivity index (χ2v) is 4.00. The highest BCUT2D eigenvalue weighted by Crippen LogP contribution is 2.23. The highest BCUT2D eigenvalue weighted by molar-refractivity contribution is 6.11. The normalized spacial score (nSPS) is 11.2. The average Bonchev–Trinajstić information content (AvgIpc) is 2.68. The molecule has 0 aliphatic carbocycles. The summed E-state index contributed by atoms with van der Waals surface area (Å²) >= 11 is 0. The van der Waals surface area contributed by atoms with Crippen LogP contribution in [0, 0.1) is 0 Å². The molecule has 0 amide bonds. The zero-order valence-electron chi connectivity index (χ0n) is 9.47. The Hall–Kier alpha value is -2.63. The molecule has 2 aromatic heterocycles. The third kappa shape index (κ3) is 1.26. The molecule has 18 heavy (non-hydrogen) atoms. The highest BCUT2D eigenvalue weighted by atomic mass is 16.4. The summed E-state index contributed by atoms with van der Waals surface area (Å²) in [6.45, 7) is 0. The predicted molar refractivity (Wildman–Crippen MR) is 65.8 cm³/mol. The fraction of sp³-hybridized carbons (Fsp3) is 0.0833. The lowest BCUT2D eigenvalue weighted by Crippen LogP contribution is -2.26. The molecule has 0 saturated carbocycles. The molecule has 2 heterocycles. The SMILES string of the molecule is Cn1nc2c([nH]c3ccccc32)c(C(=O)O)c1=O. The third-order valence-electron chi connectivity index (χ3n) is 2.90. The van der Waals surface area contributed by atoms with Gasteiger partial charge in [-0.1, -0.05) is 18.2 Å². The summed E-state index contributed by atoms with van der Waals surface area (Å²) < 4.78 is 1.05. The maximum Gasteiger partial charge on any atom is 0.343 e. The van der Waals surface area contributed by atoms with E-state index in [1.807, 2.05) is 24.3 Å². The van der Waals surface area contributed by atoms with Crippen molar-refractivity contribution in [2.24, 2.45) is 7.05 Å². The first-order chi connectivity index (χ1) is 8.59. The van der Waals surface area contributed by atoms with Crippen LogP contribution >= 0.6 is 0 Å². The van der Waals surface area contributed by atoms with Crippen LogP contribution in [0.25, 0.3) is 21.9 Å². The predicted octanol–water partition coefficient (Wildman–Crippen LogP) is 1.11. The number of benzene rings is 1. The number of nitrogens with zero attached hydrogens (tertiary/aromatic N) is 2. The Labute approximate surface area is 100 Å². The van der Waals surface area contributed by atoms with Crippen molar-refractivity contribution in [2.45, 2.75) is 0 Å². The van der Waals surface area contributed by atoms with Gasteiger partial charge in [-0.25, -0.2) is 9.48 Å². The molecule has 0 atom stereocenters. The van der Waals surface area contributed by atoms with Crippen molar-refractivity contribution in [1.82, 2.24) is 14.8 Å². The van der Waals surface area contributed by atoms with E-state index >= 15 is 0 Å². The minimum absolute atomic E-state index is 0.270. The summed E-state index contributed by atoms with van der Waals surface area (Å²) in [4.78, 5) is 25.9.